The van der Waals surface area contributed by atoms with Crippen LogP contribution in [0.25, 0.3) is 5.57 Å². The predicted molar refractivity (Wildman–Crippen MR) is 136 cm³/mol. The minimum Gasteiger partial charge on any atom is -0.372 e. The maximum Gasteiger partial charge on any atom is 0.282 e. The first kappa shape index (κ1) is 22.6. The minimum absolute atomic E-state index is 0.251. The van der Waals surface area contributed by atoms with E-state index in [1.165, 1.54) is 4.90 Å². The Morgan fingerprint density at radius 1 is 0.879 bits per heavy atom. The van der Waals surface area contributed by atoms with E-state index in [2.05, 4.69) is 24.1 Å². The van der Waals surface area contributed by atoms with E-state index in [1.807, 2.05) is 61.5 Å². The third-order valence-corrected chi connectivity index (χ3v) is 6.06. The summed E-state index contributed by atoms with van der Waals surface area (Å²) in [6, 6.07) is 22.3. The lowest BCUT2D eigenvalue weighted by molar-refractivity contribution is -0.120. The molecular formula is C27H26ClN3O2. The summed E-state index contributed by atoms with van der Waals surface area (Å²) in [5.74, 6) is -0.782. The van der Waals surface area contributed by atoms with E-state index in [1.54, 1.807) is 18.2 Å². The molecule has 3 aromatic rings. The number of anilines is 3. The Morgan fingerprint density at radius 2 is 1.55 bits per heavy atom. The van der Waals surface area contributed by atoms with E-state index in [4.69, 9.17) is 11.6 Å². The largest absolute Gasteiger partial charge is 0.372 e. The average Bonchev–Trinajstić information content (AvgIpc) is 3.07. The fourth-order valence-electron chi connectivity index (χ4n) is 4.05. The monoisotopic (exact) mass is 459 g/mol. The van der Waals surface area contributed by atoms with Crippen LogP contribution in [0.4, 0.5) is 17.1 Å². The van der Waals surface area contributed by atoms with Crippen LogP contribution in [0.3, 0.4) is 0 Å². The molecule has 0 unspecified atom stereocenters. The van der Waals surface area contributed by atoms with Crippen LogP contribution >= 0.6 is 11.6 Å². The first-order chi connectivity index (χ1) is 15.9. The van der Waals surface area contributed by atoms with Gasteiger partial charge in [0.05, 0.1) is 11.3 Å². The molecule has 6 heteroatoms. The molecule has 0 aromatic heterocycles. The van der Waals surface area contributed by atoms with Gasteiger partial charge in [-0.3, -0.25) is 9.59 Å². The zero-order chi connectivity index (χ0) is 23.5. The Kier molecular flexibility index (Phi) is 6.52. The number of amides is 2. The molecule has 0 saturated carbocycles. The molecule has 1 N–H and O–H groups in total. The fourth-order valence-corrected chi connectivity index (χ4v) is 4.22. The van der Waals surface area contributed by atoms with Crippen LogP contribution in [0.1, 0.15) is 25.0 Å². The molecule has 0 aliphatic carbocycles. The van der Waals surface area contributed by atoms with E-state index < -0.39 is 5.91 Å². The molecule has 1 heterocycles. The van der Waals surface area contributed by atoms with Crippen molar-refractivity contribution in [1.29, 1.82) is 0 Å². The van der Waals surface area contributed by atoms with Crippen molar-refractivity contribution in [3.8, 4) is 0 Å². The summed E-state index contributed by atoms with van der Waals surface area (Å²) < 4.78 is 0. The van der Waals surface area contributed by atoms with Gasteiger partial charge in [0.2, 0.25) is 0 Å². The molecule has 5 nitrogen and oxygen atoms in total. The Balaban J connectivity index is 1.75. The lowest BCUT2D eigenvalue weighted by Gasteiger charge is -2.21. The van der Waals surface area contributed by atoms with Gasteiger partial charge in [0, 0.05) is 29.5 Å². The van der Waals surface area contributed by atoms with E-state index >= 15 is 0 Å². The van der Waals surface area contributed by atoms with Gasteiger partial charge >= 0.3 is 0 Å². The summed E-state index contributed by atoms with van der Waals surface area (Å²) in [7, 11) is 0. The van der Waals surface area contributed by atoms with Gasteiger partial charge in [0.15, 0.2) is 0 Å². The number of nitrogens with one attached hydrogen (secondary N) is 1. The number of benzene rings is 3. The van der Waals surface area contributed by atoms with E-state index in [9.17, 15) is 9.59 Å². The van der Waals surface area contributed by atoms with Gasteiger partial charge in [0.25, 0.3) is 11.8 Å². The van der Waals surface area contributed by atoms with Gasteiger partial charge in [-0.25, -0.2) is 4.90 Å². The van der Waals surface area contributed by atoms with Gasteiger partial charge in [-0.15, -0.1) is 0 Å². The van der Waals surface area contributed by atoms with Crippen molar-refractivity contribution >= 4 is 46.1 Å². The third-order valence-electron chi connectivity index (χ3n) is 5.82. The van der Waals surface area contributed by atoms with Crippen molar-refractivity contribution in [1.82, 2.24) is 0 Å². The van der Waals surface area contributed by atoms with Crippen LogP contribution in [-0.2, 0) is 9.59 Å². The third kappa shape index (κ3) is 4.37. The first-order valence-corrected chi connectivity index (χ1v) is 11.4. The number of nitrogens with zero attached hydrogens (tertiary/aromatic N) is 2. The van der Waals surface area contributed by atoms with Crippen molar-refractivity contribution in [2.45, 2.75) is 20.8 Å². The number of hydrogen-bond donors (Lipinski definition) is 1. The Labute approximate surface area is 199 Å². The smallest absolute Gasteiger partial charge is 0.282 e. The Bertz CT molecular complexity index is 1220. The van der Waals surface area contributed by atoms with Gasteiger partial charge in [-0.1, -0.05) is 48.0 Å². The summed E-state index contributed by atoms with van der Waals surface area (Å²) in [5, 5.41) is 3.69. The van der Waals surface area contributed by atoms with Crippen LogP contribution in [0.15, 0.2) is 78.5 Å². The van der Waals surface area contributed by atoms with Gasteiger partial charge in [0.1, 0.15) is 5.70 Å². The number of carbonyl (C=O) groups is 2. The van der Waals surface area contributed by atoms with E-state index in [0.717, 1.165) is 30.0 Å². The molecule has 0 fully saturated rings. The van der Waals surface area contributed by atoms with Crippen molar-refractivity contribution in [3.05, 3.63) is 94.6 Å². The number of carbonyl (C=O) groups excluding carboxylic acids is 2. The number of rotatable bonds is 7. The molecule has 0 saturated heterocycles. The normalized spacial score (nSPS) is 13.6. The highest BCUT2D eigenvalue weighted by atomic mass is 35.5. The zero-order valence-corrected chi connectivity index (χ0v) is 19.7. The van der Waals surface area contributed by atoms with Crippen molar-refractivity contribution < 1.29 is 9.59 Å². The summed E-state index contributed by atoms with van der Waals surface area (Å²) >= 11 is 6.19. The lowest BCUT2D eigenvalue weighted by Crippen LogP contribution is -2.33. The maximum absolute atomic E-state index is 13.6. The van der Waals surface area contributed by atoms with Crippen LogP contribution in [0.2, 0.25) is 5.02 Å². The van der Waals surface area contributed by atoms with Crippen LogP contribution in [0, 0.1) is 6.92 Å². The number of hydrogen-bond acceptors (Lipinski definition) is 4. The summed E-state index contributed by atoms with van der Waals surface area (Å²) in [6.07, 6.45) is 0. The van der Waals surface area contributed by atoms with Gasteiger partial charge in [-0.2, -0.15) is 0 Å². The molecule has 168 valence electrons. The highest BCUT2D eigenvalue weighted by molar-refractivity contribution is 6.46. The van der Waals surface area contributed by atoms with E-state index in [-0.39, 0.29) is 11.6 Å². The minimum atomic E-state index is -0.406. The molecule has 4 rings (SSSR count). The van der Waals surface area contributed by atoms with Crippen molar-refractivity contribution in [3.63, 3.8) is 0 Å². The van der Waals surface area contributed by atoms with Crippen molar-refractivity contribution in [2.24, 2.45) is 0 Å². The second-order valence-electron chi connectivity index (χ2n) is 7.84. The van der Waals surface area contributed by atoms with Crippen LogP contribution < -0.4 is 15.1 Å². The Hall–Kier alpha value is -3.57. The fraction of sp³-hybridized carbons (Fsp3) is 0.185. The average molecular weight is 460 g/mol. The van der Waals surface area contributed by atoms with E-state index in [0.29, 0.717) is 21.8 Å². The second-order valence-corrected chi connectivity index (χ2v) is 8.27. The second kappa shape index (κ2) is 9.51. The molecule has 2 amide bonds. The van der Waals surface area contributed by atoms with Gasteiger partial charge < -0.3 is 10.2 Å². The molecule has 33 heavy (non-hydrogen) atoms. The summed E-state index contributed by atoms with van der Waals surface area (Å²) in [4.78, 5) is 30.6. The predicted octanol–water partition coefficient (Wildman–Crippen LogP) is 5.89. The highest BCUT2D eigenvalue weighted by Crippen LogP contribution is 2.36. The number of halogens is 1. The van der Waals surface area contributed by atoms with Crippen LogP contribution in [-0.4, -0.2) is 24.9 Å². The molecule has 1 aliphatic rings. The number of imide groups is 1. The Morgan fingerprint density at radius 3 is 2.18 bits per heavy atom. The standard InChI is InChI=1S/C27H26ClN3O2/c1-4-30(5-2)22-15-13-21(14-16-22)29-25-24(19-9-7-6-8-10-19)26(32)31(27(25)33)23-17-20(28)12-11-18(23)3/h6-17,29H,4-5H2,1-3H3. The molecule has 3 aromatic carbocycles. The molecule has 0 radical (unpaired) electrons. The molecule has 1 aliphatic heterocycles. The topological polar surface area (TPSA) is 52.7 Å². The van der Waals surface area contributed by atoms with Gasteiger partial charge in [-0.05, 0) is 68.3 Å². The summed E-state index contributed by atoms with van der Waals surface area (Å²) in [6.45, 7) is 7.90. The highest BCUT2D eigenvalue weighted by Gasteiger charge is 2.40. The zero-order valence-electron chi connectivity index (χ0n) is 18.9. The first-order valence-electron chi connectivity index (χ1n) is 11.0. The lowest BCUT2D eigenvalue weighted by atomic mass is 10.0. The summed E-state index contributed by atoms with van der Waals surface area (Å²) in [5.41, 5.74) is 4.39. The van der Waals surface area contributed by atoms with Crippen molar-refractivity contribution in [2.75, 3.05) is 28.2 Å². The molecule has 0 bridgehead atoms. The van der Waals surface area contributed by atoms with Crippen LogP contribution in [0.5, 0.6) is 0 Å². The molecule has 0 atom stereocenters. The molecule has 0 spiro atoms. The quantitative estimate of drug-likeness (QED) is 0.447. The molecular weight excluding hydrogens is 434 g/mol. The number of aryl methyl sites for hydroxylation is 1. The SMILES string of the molecule is CCN(CC)c1ccc(NC2=C(c3ccccc3)C(=O)N(c3cc(Cl)ccc3C)C2=O)cc1. The maximum atomic E-state index is 13.6.